The van der Waals surface area contributed by atoms with Crippen LogP contribution in [-0.4, -0.2) is 0 Å². The van der Waals surface area contributed by atoms with E-state index in [2.05, 4.69) is 52.0 Å². The average molecular weight is 243 g/mol. The third-order valence-corrected chi connectivity index (χ3v) is 3.07. The average Bonchev–Trinajstić information content (AvgIpc) is 2.36. The molecule has 0 atom stereocenters. The molecule has 0 saturated heterocycles. The standard InChI is InChI=1S/C17H25N/c1-5-15-9-8-14(11-16(15)6-2)12-17(18)10-7-13(3)4/h7-11H,5-6,12,18H2,1-4H3/b17-10-. The van der Waals surface area contributed by atoms with E-state index in [1.165, 1.54) is 22.3 Å². The van der Waals surface area contributed by atoms with Gasteiger partial charge in [-0.3, -0.25) is 0 Å². The second-order valence-corrected chi connectivity index (χ2v) is 4.97. The molecule has 1 aromatic carbocycles. The Labute approximate surface area is 111 Å². The maximum atomic E-state index is 6.03. The van der Waals surface area contributed by atoms with E-state index in [1.807, 2.05) is 6.08 Å². The maximum absolute atomic E-state index is 6.03. The third kappa shape index (κ3) is 4.40. The number of benzene rings is 1. The molecule has 18 heavy (non-hydrogen) atoms. The van der Waals surface area contributed by atoms with Crippen LogP contribution in [0.2, 0.25) is 0 Å². The zero-order chi connectivity index (χ0) is 13.5. The molecule has 0 aromatic heterocycles. The molecule has 0 aliphatic rings. The highest BCUT2D eigenvalue weighted by Gasteiger charge is 2.01. The van der Waals surface area contributed by atoms with Gasteiger partial charge >= 0.3 is 0 Å². The van der Waals surface area contributed by atoms with Gasteiger partial charge in [-0.1, -0.05) is 43.7 Å². The fourth-order valence-corrected chi connectivity index (χ4v) is 2.03. The zero-order valence-electron chi connectivity index (χ0n) is 12.1. The van der Waals surface area contributed by atoms with E-state index >= 15 is 0 Å². The second kappa shape index (κ2) is 7.05. The van der Waals surface area contributed by atoms with E-state index in [0.717, 1.165) is 25.0 Å². The molecule has 0 amide bonds. The lowest BCUT2D eigenvalue weighted by molar-refractivity contribution is 1.01. The molecule has 0 spiro atoms. The van der Waals surface area contributed by atoms with Gasteiger partial charge in [0.2, 0.25) is 0 Å². The smallest absolute Gasteiger partial charge is 0.0125 e. The largest absolute Gasteiger partial charge is 0.402 e. The van der Waals surface area contributed by atoms with E-state index in [-0.39, 0.29) is 0 Å². The van der Waals surface area contributed by atoms with Gasteiger partial charge in [0.1, 0.15) is 0 Å². The summed E-state index contributed by atoms with van der Waals surface area (Å²) in [5, 5.41) is 0. The summed E-state index contributed by atoms with van der Waals surface area (Å²) >= 11 is 0. The number of aryl methyl sites for hydroxylation is 2. The van der Waals surface area contributed by atoms with Gasteiger partial charge in [0.05, 0.1) is 0 Å². The summed E-state index contributed by atoms with van der Waals surface area (Å²) in [5.74, 6) is 0. The summed E-state index contributed by atoms with van der Waals surface area (Å²) in [6.45, 7) is 8.57. The Bertz CT molecular complexity index is 449. The molecule has 1 aromatic rings. The SMILES string of the molecule is CCc1ccc(C/C(N)=C/C=C(C)C)cc1CC. The van der Waals surface area contributed by atoms with Crippen molar-refractivity contribution in [3.05, 3.63) is 58.3 Å². The molecule has 2 N–H and O–H groups in total. The van der Waals surface area contributed by atoms with Crippen molar-refractivity contribution in [1.29, 1.82) is 0 Å². The van der Waals surface area contributed by atoms with Crippen LogP contribution < -0.4 is 5.73 Å². The van der Waals surface area contributed by atoms with E-state index in [4.69, 9.17) is 5.73 Å². The Morgan fingerprint density at radius 2 is 1.72 bits per heavy atom. The van der Waals surface area contributed by atoms with Crippen LogP contribution in [0.1, 0.15) is 44.4 Å². The number of hydrogen-bond donors (Lipinski definition) is 1. The van der Waals surface area contributed by atoms with E-state index in [1.54, 1.807) is 0 Å². The molecular formula is C17H25N. The molecule has 0 bridgehead atoms. The lowest BCUT2D eigenvalue weighted by Gasteiger charge is -2.09. The van der Waals surface area contributed by atoms with Gasteiger partial charge in [-0.05, 0) is 49.5 Å². The number of nitrogens with two attached hydrogens (primary N) is 1. The Hall–Kier alpha value is -1.50. The lowest BCUT2D eigenvalue weighted by Crippen LogP contribution is -2.02. The van der Waals surface area contributed by atoms with Crippen molar-refractivity contribution in [3.8, 4) is 0 Å². The number of allylic oxidation sites excluding steroid dienone is 4. The minimum Gasteiger partial charge on any atom is -0.402 e. The van der Waals surface area contributed by atoms with E-state index < -0.39 is 0 Å². The normalized spacial score (nSPS) is 11.4. The second-order valence-electron chi connectivity index (χ2n) is 4.97. The first kappa shape index (κ1) is 14.6. The van der Waals surface area contributed by atoms with Crippen LogP contribution in [0, 0.1) is 0 Å². The first-order chi connectivity index (χ1) is 8.56. The summed E-state index contributed by atoms with van der Waals surface area (Å²) in [6.07, 6.45) is 7.10. The van der Waals surface area contributed by atoms with Crippen LogP contribution in [0.4, 0.5) is 0 Å². The van der Waals surface area contributed by atoms with E-state index in [9.17, 15) is 0 Å². The molecule has 1 rings (SSSR count). The minimum absolute atomic E-state index is 0.834. The Balaban J connectivity index is 2.85. The van der Waals surface area contributed by atoms with Crippen molar-refractivity contribution in [3.63, 3.8) is 0 Å². The summed E-state index contributed by atoms with van der Waals surface area (Å²) in [6, 6.07) is 6.73. The van der Waals surface area contributed by atoms with Gasteiger partial charge < -0.3 is 5.73 Å². The zero-order valence-corrected chi connectivity index (χ0v) is 12.1. The number of rotatable bonds is 5. The van der Waals surface area contributed by atoms with Gasteiger partial charge in [-0.25, -0.2) is 0 Å². The summed E-state index contributed by atoms with van der Waals surface area (Å²) in [7, 11) is 0. The highest BCUT2D eigenvalue weighted by atomic mass is 14.6. The summed E-state index contributed by atoms with van der Waals surface area (Å²) < 4.78 is 0. The molecule has 0 saturated carbocycles. The molecular weight excluding hydrogens is 218 g/mol. The Morgan fingerprint density at radius 1 is 1.06 bits per heavy atom. The first-order valence-electron chi connectivity index (χ1n) is 6.77. The van der Waals surface area contributed by atoms with Gasteiger partial charge in [-0.2, -0.15) is 0 Å². The highest BCUT2D eigenvalue weighted by Crippen LogP contribution is 2.15. The summed E-state index contributed by atoms with van der Waals surface area (Å²) in [4.78, 5) is 0. The molecule has 0 heterocycles. The Morgan fingerprint density at radius 3 is 2.28 bits per heavy atom. The van der Waals surface area contributed by atoms with Crippen molar-refractivity contribution in [2.75, 3.05) is 0 Å². The van der Waals surface area contributed by atoms with Gasteiger partial charge in [0.15, 0.2) is 0 Å². The third-order valence-electron chi connectivity index (χ3n) is 3.07. The van der Waals surface area contributed by atoms with Crippen LogP contribution in [0.5, 0.6) is 0 Å². The fourth-order valence-electron chi connectivity index (χ4n) is 2.03. The topological polar surface area (TPSA) is 26.0 Å². The predicted molar refractivity (Wildman–Crippen MR) is 80.6 cm³/mol. The van der Waals surface area contributed by atoms with Crippen molar-refractivity contribution in [2.24, 2.45) is 5.73 Å². The maximum Gasteiger partial charge on any atom is 0.0125 e. The lowest BCUT2D eigenvalue weighted by atomic mass is 9.98. The molecule has 0 aliphatic heterocycles. The van der Waals surface area contributed by atoms with Crippen LogP contribution >= 0.6 is 0 Å². The monoisotopic (exact) mass is 243 g/mol. The number of hydrogen-bond acceptors (Lipinski definition) is 1. The highest BCUT2D eigenvalue weighted by molar-refractivity contribution is 5.34. The Kier molecular flexibility index (Phi) is 5.70. The van der Waals surface area contributed by atoms with Crippen LogP contribution in [0.3, 0.4) is 0 Å². The molecule has 0 unspecified atom stereocenters. The van der Waals surface area contributed by atoms with Crippen LogP contribution in [-0.2, 0) is 19.3 Å². The van der Waals surface area contributed by atoms with Gasteiger partial charge in [-0.15, -0.1) is 0 Å². The molecule has 0 radical (unpaired) electrons. The molecule has 1 heteroatoms. The molecule has 0 fully saturated rings. The van der Waals surface area contributed by atoms with Crippen LogP contribution in [0.25, 0.3) is 0 Å². The first-order valence-corrected chi connectivity index (χ1v) is 6.77. The predicted octanol–water partition coefficient (Wildman–Crippen LogP) is 4.16. The van der Waals surface area contributed by atoms with Crippen molar-refractivity contribution < 1.29 is 0 Å². The van der Waals surface area contributed by atoms with Gasteiger partial charge in [0.25, 0.3) is 0 Å². The minimum atomic E-state index is 0.834. The molecule has 1 nitrogen and oxygen atoms in total. The van der Waals surface area contributed by atoms with Crippen LogP contribution in [0.15, 0.2) is 41.6 Å². The van der Waals surface area contributed by atoms with Crippen molar-refractivity contribution >= 4 is 0 Å². The fraction of sp³-hybridized carbons (Fsp3) is 0.412. The van der Waals surface area contributed by atoms with Gasteiger partial charge in [0, 0.05) is 12.1 Å². The van der Waals surface area contributed by atoms with Crippen molar-refractivity contribution in [1.82, 2.24) is 0 Å². The molecule has 0 aliphatic carbocycles. The molecule has 98 valence electrons. The quantitative estimate of drug-likeness (QED) is 0.772. The van der Waals surface area contributed by atoms with E-state index in [0.29, 0.717) is 0 Å². The summed E-state index contributed by atoms with van der Waals surface area (Å²) in [5.41, 5.74) is 12.4. The van der Waals surface area contributed by atoms with Crippen molar-refractivity contribution in [2.45, 2.75) is 47.0 Å².